The molecule has 0 bridgehead atoms. The van der Waals surface area contributed by atoms with E-state index in [4.69, 9.17) is 0 Å². The summed E-state index contributed by atoms with van der Waals surface area (Å²) in [6.45, 7) is 1.70. The fraction of sp³-hybridized carbons (Fsp3) is 0.250. The van der Waals surface area contributed by atoms with Crippen LogP contribution in [0.15, 0.2) is 49.4 Å². The van der Waals surface area contributed by atoms with E-state index in [9.17, 15) is 4.79 Å². The lowest BCUT2D eigenvalue weighted by Crippen LogP contribution is -2.54. The van der Waals surface area contributed by atoms with Gasteiger partial charge >= 0.3 is 0 Å². The van der Waals surface area contributed by atoms with Gasteiger partial charge < -0.3 is 10.2 Å². The number of aromatic nitrogens is 6. The molecule has 0 saturated carbocycles. The zero-order chi connectivity index (χ0) is 17.1. The molecule has 0 radical (unpaired) electrons. The van der Waals surface area contributed by atoms with Crippen molar-refractivity contribution in [2.75, 3.05) is 18.0 Å². The van der Waals surface area contributed by atoms with Crippen LogP contribution in [0.3, 0.4) is 0 Å². The van der Waals surface area contributed by atoms with Gasteiger partial charge in [0.2, 0.25) is 5.91 Å². The van der Waals surface area contributed by atoms with Gasteiger partial charge in [-0.2, -0.15) is 5.10 Å². The van der Waals surface area contributed by atoms with Crippen LogP contribution in [0.2, 0.25) is 0 Å². The van der Waals surface area contributed by atoms with Gasteiger partial charge in [0.1, 0.15) is 24.8 Å². The van der Waals surface area contributed by atoms with Gasteiger partial charge in [0, 0.05) is 25.4 Å². The predicted molar refractivity (Wildman–Crippen MR) is 88.7 cm³/mol. The molecule has 3 aromatic rings. The van der Waals surface area contributed by atoms with Crippen molar-refractivity contribution in [2.45, 2.75) is 6.54 Å². The second-order valence-electron chi connectivity index (χ2n) is 5.72. The highest BCUT2D eigenvalue weighted by Gasteiger charge is 2.33. The van der Waals surface area contributed by atoms with Crippen molar-refractivity contribution in [2.24, 2.45) is 5.92 Å². The summed E-state index contributed by atoms with van der Waals surface area (Å²) >= 11 is 0. The summed E-state index contributed by atoms with van der Waals surface area (Å²) in [4.78, 5) is 30.8. The fourth-order valence-corrected chi connectivity index (χ4v) is 2.62. The normalized spacial score (nSPS) is 14.2. The topological polar surface area (TPSA) is 102 Å². The molecule has 9 heteroatoms. The maximum atomic E-state index is 12.2. The van der Waals surface area contributed by atoms with Gasteiger partial charge in [0.15, 0.2) is 5.82 Å². The molecule has 0 atom stereocenters. The fourth-order valence-electron chi connectivity index (χ4n) is 2.62. The van der Waals surface area contributed by atoms with Gasteiger partial charge in [-0.05, 0) is 12.1 Å². The van der Waals surface area contributed by atoms with Gasteiger partial charge in [-0.15, -0.1) is 0 Å². The SMILES string of the molecule is O=C(NCc1ccccn1)C1CN(c2cc(-n3cncn3)ncn2)C1. The van der Waals surface area contributed by atoms with Crippen LogP contribution in [-0.4, -0.2) is 48.7 Å². The van der Waals surface area contributed by atoms with Crippen LogP contribution >= 0.6 is 0 Å². The lowest BCUT2D eigenvalue weighted by molar-refractivity contribution is -0.125. The number of hydrogen-bond donors (Lipinski definition) is 1. The predicted octanol–water partition coefficient (Wildman–Crippen LogP) is 0.205. The summed E-state index contributed by atoms with van der Waals surface area (Å²) in [7, 11) is 0. The molecule has 4 rings (SSSR count). The minimum Gasteiger partial charge on any atom is -0.355 e. The Morgan fingerprint density at radius 3 is 2.80 bits per heavy atom. The van der Waals surface area contributed by atoms with Crippen molar-refractivity contribution < 1.29 is 4.79 Å². The molecule has 9 nitrogen and oxygen atoms in total. The molecule has 3 aromatic heterocycles. The van der Waals surface area contributed by atoms with Crippen molar-refractivity contribution >= 4 is 11.7 Å². The zero-order valence-electron chi connectivity index (χ0n) is 13.4. The molecule has 0 unspecified atom stereocenters. The standard InChI is InChI=1S/C16H16N8O/c25-16(19-6-13-3-1-2-4-18-13)12-7-23(8-12)14-5-15(21-10-20-14)24-11-17-9-22-24/h1-5,9-12H,6-8H2,(H,19,25). The van der Waals surface area contributed by atoms with Crippen LogP contribution in [0, 0.1) is 5.92 Å². The lowest BCUT2D eigenvalue weighted by Gasteiger charge is -2.39. The Bertz CT molecular complexity index is 846. The molecule has 0 spiro atoms. The number of nitrogens with zero attached hydrogens (tertiary/aromatic N) is 7. The minimum absolute atomic E-state index is 0.0347. The molecule has 126 valence electrons. The lowest BCUT2D eigenvalue weighted by atomic mass is 9.99. The van der Waals surface area contributed by atoms with E-state index in [1.54, 1.807) is 17.2 Å². The van der Waals surface area contributed by atoms with Gasteiger partial charge in [0.05, 0.1) is 18.2 Å². The maximum Gasteiger partial charge on any atom is 0.227 e. The van der Waals surface area contributed by atoms with Crippen molar-refractivity contribution in [3.8, 4) is 5.82 Å². The molecule has 4 heterocycles. The molecule has 1 aliphatic heterocycles. The number of carbonyl (C=O) groups is 1. The highest BCUT2D eigenvalue weighted by molar-refractivity contribution is 5.81. The minimum atomic E-state index is -0.0477. The Morgan fingerprint density at radius 2 is 2.04 bits per heavy atom. The number of amides is 1. The highest BCUT2D eigenvalue weighted by atomic mass is 16.2. The largest absolute Gasteiger partial charge is 0.355 e. The van der Waals surface area contributed by atoms with Crippen molar-refractivity contribution in [3.63, 3.8) is 0 Å². The number of nitrogens with one attached hydrogen (secondary N) is 1. The maximum absolute atomic E-state index is 12.2. The third-order valence-electron chi connectivity index (χ3n) is 4.04. The summed E-state index contributed by atoms with van der Waals surface area (Å²) in [5.74, 6) is 1.40. The summed E-state index contributed by atoms with van der Waals surface area (Å²) in [5.41, 5.74) is 0.848. The molecule has 1 amide bonds. The molecule has 1 saturated heterocycles. The molecule has 0 aromatic carbocycles. The van der Waals surface area contributed by atoms with Gasteiger partial charge in [-0.3, -0.25) is 9.78 Å². The average Bonchev–Trinajstić information content (AvgIpc) is 3.15. The third kappa shape index (κ3) is 3.30. The van der Waals surface area contributed by atoms with Crippen molar-refractivity contribution in [1.82, 2.24) is 35.0 Å². The first-order chi connectivity index (χ1) is 12.3. The van der Waals surface area contributed by atoms with Crippen LogP contribution in [0.1, 0.15) is 5.69 Å². The van der Waals surface area contributed by atoms with E-state index in [-0.39, 0.29) is 11.8 Å². The van der Waals surface area contributed by atoms with Crippen LogP contribution < -0.4 is 10.2 Å². The molecule has 1 N–H and O–H groups in total. The molecule has 0 aliphatic carbocycles. The first-order valence-electron chi connectivity index (χ1n) is 7.89. The Kier molecular flexibility index (Phi) is 4.03. The van der Waals surface area contributed by atoms with E-state index >= 15 is 0 Å². The van der Waals surface area contributed by atoms with Gasteiger partial charge in [-0.1, -0.05) is 6.07 Å². The Balaban J connectivity index is 1.33. The summed E-state index contributed by atoms with van der Waals surface area (Å²) in [6.07, 6.45) is 6.23. The smallest absolute Gasteiger partial charge is 0.227 e. The van der Waals surface area contributed by atoms with Crippen LogP contribution in [0.5, 0.6) is 0 Å². The van der Waals surface area contributed by atoms with E-state index in [0.717, 1.165) is 11.5 Å². The molecule has 1 fully saturated rings. The monoisotopic (exact) mass is 336 g/mol. The van der Waals surface area contributed by atoms with Crippen LogP contribution in [0.4, 0.5) is 5.82 Å². The summed E-state index contributed by atoms with van der Waals surface area (Å²) < 4.78 is 1.57. The number of rotatable bonds is 5. The number of carbonyl (C=O) groups excluding carboxylic acids is 1. The van der Waals surface area contributed by atoms with Crippen molar-refractivity contribution in [3.05, 3.63) is 55.1 Å². The van der Waals surface area contributed by atoms with E-state index in [0.29, 0.717) is 25.5 Å². The van der Waals surface area contributed by atoms with Crippen molar-refractivity contribution in [1.29, 1.82) is 0 Å². The molecule has 25 heavy (non-hydrogen) atoms. The van der Waals surface area contributed by atoms with Gasteiger partial charge in [-0.25, -0.2) is 19.6 Å². The van der Waals surface area contributed by atoms with Gasteiger partial charge in [0.25, 0.3) is 0 Å². The Labute approximate surface area is 143 Å². The Morgan fingerprint density at radius 1 is 1.16 bits per heavy atom. The molecule has 1 aliphatic rings. The second kappa shape index (κ2) is 6.63. The summed E-state index contributed by atoms with van der Waals surface area (Å²) in [5, 5.41) is 6.98. The average molecular weight is 336 g/mol. The highest BCUT2D eigenvalue weighted by Crippen LogP contribution is 2.23. The first-order valence-corrected chi connectivity index (χ1v) is 7.89. The Hall–Kier alpha value is -3.36. The zero-order valence-corrected chi connectivity index (χ0v) is 13.4. The van der Waals surface area contributed by atoms with E-state index in [2.05, 4.69) is 30.4 Å². The number of anilines is 1. The third-order valence-corrected chi connectivity index (χ3v) is 4.04. The van der Waals surface area contributed by atoms with E-state index < -0.39 is 0 Å². The second-order valence-corrected chi connectivity index (χ2v) is 5.72. The molecular formula is C16H16N8O. The number of pyridine rings is 1. The first kappa shape index (κ1) is 15.2. The van der Waals surface area contributed by atoms with E-state index in [1.807, 2.05) is 29.2 Å². The number of hydrogen-bond acceptors (Lipinski definition) is 7. The quantitative estimate of drug-likeness (QED) is 0.710. The summed E-state index contributed by atoms with van der Waals surface area (Å²) in [6, 6.07) is 7.47. The van der Waals surface area contributed by atoms with Crippen LogP contribution in [-0.2, 0) is 11.3 Å². The molecular weight excluding hydrogens is 320 g/mol. The van der Waals surface area contributed by atoms with Crippen LogP contribution in [0.25, 0.3) is 5.82 Å². The van der Waals surface area contributed by atoms with E-state index in [1.165, 1.54) is 12.7 Å².